The minimum Gasteiger partial charge on any atom is -0.274 e. The van der Waals surface area contributed by atoms with Gasteiger partial charge in [-0.05, 0) is 40.8 Å². The Morgan fingerprint density at radius 3 is 2.15 bits per heavy atom. The highest BCUT2D eigenvalue weighted by atomic mass is 79.9. The minimum absolute atomic E-state index is 0.0337. The van der Waals surface area contributed by atoms with Crippen LogP contribution in [0.2, 0.25) is 0 Å². The summed E-state index contributed by atoms with van der Waals surface area (Å²) in [6.45, 7) is 2.05. The van der Waals surface area contributed by atoms with Crippen LogP contribution in [-0.4, -0.2) is 16.7 Å². The molecule has 0 saturated carbocycles. The van der Waals surface area contributed by atoms with Crippen LogP contribution in [0.5, 0.6) is 0 Å². The van der Waals surface area contributed by atoms with Crippen LogP contribution in [0.1, 0.15) is 41.5 Å². The number of rotatable bonds is 3. The molecule has 0 unspecified atom stereocenters. The molecular weight excluding hydrogens is 484 g/mol. The van der Waals surface area contributed by atoms with Crippen molar-refractivity contribution >= 4 is 39.1 Å². The molecule has 6 nitrogen and oxygen atoms in total. The van der Waals surface area contributed by atoms with Gasteiger partial charge in [0.15, 0.2) is 0 Å². The Hall–Kier alpha value is -3.32. The Morgan fingerprint density at radius 1 is 0.970 bits per heavy atom. The number of benzene rings is 3. The van der Waals surface area contributed by atoms with Crippen molar-refractivity contribution in [2.45, 2.75) is 24.7 Å². The third-order valence-corrected chi connectivity index (χ3v) is 8.22. The number of nitrogens with zero attached hydrogens (tertiary/aromatic N) is 2. The summed E-state index contributed by atoms with van der Waals surface area (Å²) in [4.78, 5) is 40.3. The monoisotopic (exact) mass is 502 g/mol. The molecular formula is C26H19BrN2O4. The highest BCUT2D eigenvalue weighted by molar-refractivity contribution is 9.10. The number of nitro benzene ring substituents is 1. The predicted molar refractivity (Wildman–Crippen MR) is 126 cm³/mol. The van der Waals surface area contributed by atoms with Crippen LogP contribution in [0.25, 0.3) is 0 Å². The van der Waals surface area contributed by atoms with E-state index < -0.39 is 22.2 Å². The van der Waals surface area contributed by atoms with E-state index in [-0.39, 0.29) is 29.1 Å². The second kappa shape index (κ2) is 6.84. The van der Waals surface area contributed by atoms with E-state index in [0.29, 0.717) is 10.9 Å². The third kappa shape index (κ3) is 2.38. The first-order valence-electron chi connectivity index (χ1n) is 10.9. The molecule has 0 N–H and O–H groups in total. The van der Waals surface area contributed by atoms with E-state index in [1.807, 2.05) is 24.3 Å². The Labute approximate surface area is 198 Å². The van der Waals surface area contributed by atoms with Crippen LogP contribution in [-0.2, 0) is 15.0 Å². The summed E-state index contributed by atoms with van der Waals surface area (Å²) in [7, 11) is 0. The van der Waals surface area contributed by atoms with Gasteiger partial charge in [0.2, 0.25) is 11.8 Å². The number of hydrogen-bond acceptors (Lipinski definition) is 4. The smallest absolute Gasteiger partial charge is 0.274 e. The maximum atomic E-state index is 14.1. The molecule has 1 fully saturated rings. The first-order valence-corrected chi connectivity index (χ1v) is 11.7. The van der Waals surface area contributed by atoms with E-state index >= 15 is 0 Å². The summed E-state index contributed by atoms with van der Waals surface area (Å²) in [5, 5.41) is 11.8. The molecule has 164 valence electrons. The molecule has 3 aromatic carbocycles. The zero-order chi connectivity index (χ0) is 23.1. The molecule has 2 bridgehead atoms. The second-order valence-electron chi connectivity index (χ2n) is 8.88. The van der Waals surface area contributed by atoms with Crippen molar-refractivity contribution in [1.29, 1.82) is 0 Å². The van der Waals surface area contributed by atoms with E-state index in [4.69, 9.17) is 0 Å². The average molecular weight is 503 g/mol. The molecule has 0 spiro atoms. The maximum Gasteiger partial charge on any atom is 0.294 e. The Bertz CT molecular complexity index is 1340. The number of halogens is 1. The zero-order valence-electron chi connectivity index (χ0n) is 17.7. The van der Waals surface area contributed by atoms with E-state index in [9.17, 15) is 19.7 Å². The highest BCUT2D eigenvalue weighted by Crippen LogP contribution is 2.65. The number of imide groups is 1. The van der Waals surface area contributed by atoms with Crippen molar-refractivity contribution < 1.29 is 14.5 Å². The lowest BCUT2D eigenvalue weighted by molar-refractivity contribution is -0.384. The van der Waals surface area contributed by atoms with Crippen molar-refractivity contribution in [3.05, 3.63) is 104 Å². The summed E-state index contributed by atoms with van der Waals surface area (Å²) in [5.41, 5.74) is 3.44. The summed E-state index contributed by atoms with van der Waals surface area (Å²) in [5.74, 6) is -2.17. The quantitative estimate of drug-likeness (QED) is 0.275. The first-order chi connectivity index (χ1) is 15.9. The van der Waals surface area contributed by atoms with Crippen LogP contribution >= 0.6 is 15.9 Å². The van der Waals surface area contributed by atoms with Gasteiger partial charge < -0.3 is 0 Å². The van der Waals surface area contributed by atoms with E-state index in [1.54, 1.807) is 6.07 Å². The minimum atomic E-state index is -0.655. The first kappa shape index (κ1) is 20.3. The lowest BCUT2D eigenvalue weighted by atomic mass is 9.46. The van der Waals surface area contributed by atoms with E-state index in [2.05, 4.69) is 47.1 Å². The van der Waals surface area contributed by atoms with Crippen LogP contribution in [0.15, 0.2) is 71.2 Å². The molecule has 2 atom stereocenters. The fourth-order valence-electron chi connectivity index (χ4n) is 6.60. The summed E-state index contributed by atoms with van der Waals surface area (Å²) >= 11 is 3.26. The van der Waals surface area contributed by atoms with Gasteiger partial charge in [-0.2, -0.15) is 0 Å². The standard InChI is InChI=1S/C26H19BrN2O4/c1-2-26-17-9-5-3-7-15(17)21(16-8-4-6-10-18(16)26)22-23(26)25(31)28(24(22)30)19-12-11-14(27)13-20(19)29(32)33/h3-13,21-23H,2H2,1H3/t21?,22-,23-,26?/m0/s1. The van der Waals surface area contributed by atoms with Gasteiger partial charge in [0, 0.05) is 21.9 Å². The molecule has 7 heteroatoms. The lowest BCUT2D eigenvalue weighted by Crippen LogP contribution is -2.53. The number of amides is 2. The van der Waals surface area contributed by atoms with Crippen molar-refractivity contribution in [1.82, 2.24) is 0 Å². The normalized spacial score (nSPS) is 26.7. The molecule has 1 heterocycles. The van der Waals surface area contributed by atoms with Crippen molar-refractivity contribution in [2.24, 2.45) is 11.8 Å². The molecule has 7 rings (SSSR count). The largest absolute Gasteiger partial charge is 0.294 e. The molecule has 0 aromatic heterocycles. The number of carbonyl (C=O) groups excluding carboxylic acids is 2. The molecule has 3 aliphatic carbocycles. The summed E-state index contributed by atoms with van der Waals surface area (Å²) < 4.78 is 0.513. The third-order valence-electron chi connectivity index (χ3n) is 7.73. The second-order valence-corrected chi connectivity index (χ2v) is 9.80. The number of hydrogen-bond donors (Lipinski definition) is 0. The number of anilines is 1. The summed E-state index contributed by atoms with van der Waals surface area (Å²) in [6, 6.07) is 20.6. The predicted octanol–water partition coefficient (Wildman–Crippen LogP) is 5.32. The van der Waals surface area contributed by atoms with Crippen molar-refractivity contribution in [2.75, 3.05) is 4.90 Å². The van der Waals surface area contributed by atoms with Gasteiger partial charge in [-0.25, -0.2) is 4.90 Å². The fourth-order valence-corrected chi connectivity index (χ4v) is 6.95. The van der Waals surface area contributed by atoms with Crippen LogP contribution in [0.3, 0.4) is 0 Å². The highest BCUT2D eigenvalue weighted by Gasteiger charge is 2.67. The van der Waals surface area contributed by atoms with Crippen molar-refractivity contribution in [3.63, 3.8) is 0 Å². The maximum absolute atomic E-state index is 14.1. The van der Waals surface area contributed by atoms with Gasteiger partial charge in [0.1, 0.15) is 5.69 Å². The Balaban J connectivity index is 1.63. The number of carbonyl (C=O) groups is 2. The average Bonchev–Trinajstić information content (AvgIpc) is 3.10. The van der Waals surface area contributed by atoms with Gasteiger partial charge >= 0.3 is 0 Å². The molecule has 2 amide bonds. The SMILES string of the molecule is CCC12c3ccccc3C(c3ccccc31)[C@@H]1C(=O)N(c3ccc(Br)cc3[N+](=O)[O-])C(=O)[C@H]12. The van der Waals surface area contributed by atoms with E-state index in [0.717, 1.165) is 27.2 Å². The van der Waals surface area contributed by atoms with Crippen LogP contribution in [0, 0.1) is 22.0 Å². The molecule has 0 radical (unpaired) electrons. The van der Waals surface area contributed by atoms with Crippen molar-refractivity contribution in [3.8, 4) is 0 Å². The van der Waals surface area contributed by atoms with Crippen LogP contribution in [0.4, 0.5) is 11.4 Å². The van der Waals surface area contributed by atoms with Gasteiger partial charge in [-0.1, -0.05) is 71.4 Å². The van der Waals surface area contributed by atoms with Gasteiger partial charge in [-0.3, -0.25) is 19.7 Å². The van der Waals surface area contributed by atoms with Crippen LogP contribution < -0.4 is 4.90 Å². The lowest BCUT2D eigenvalue weighted by Gasteiger charge is -2.54. The van der Waals surface area contributed by atoms with Gasteiger partial charge in [-0.15, -0.1) is 0 Å². The van der Waals surface area contributed by atoms with E-state index in [1.165, 1.54) is 12.1 Å². The Morgan fingerprint density at radius 2 is 1.58 bits per heavy atom. The molecule has 3 aromatic rings. The topological polar surface area (TPSA) is 80.5 Å². The molecule has 1 aliphatic heterocycles. The molecule has 1 saturated heterocycles. The van der Waals surface area contributed by atoms with Gasteiger partial charge in [0.25, 0.3) is 5.69 Å². The fraction of sp³-hybridized carbons (Fsp3) is 0.231. The summed E-state index contributed by atoms with van der Waals surface area (Å²) in [6.07, 6.45) is 0.643. The zero-order valence-corrected chi connectivity index (χ0v) is 19.3. The molecule has 4 aliphatic rings. The molecule has 33 heavy (non-hydrogen) atoms. The Kier molecular flexibility index (Phi) is 4.21. The number of nitro groups is 1. The van der Waals surface area contributed by atoms with Gasteiger partial charge in [0.05, 0.1) is 16.8 Å².